The van der Waals surface area contributed by atoms with Gasteiger partial charge in [-0.15, -0.1) is 0 Å². The summed E-state index contributed by atoms with van der Waals surface area (Å²) >= 11 is 0. The number of methoxy groups -OCH3 is 2. The molecule has 0 aromatic heterocycles. The number of rotatable bonds is 6. The molecule has 2 unspecified atom stereocenters. The average Bonchev–Trinajstić information content (AvgIpc) is 2.36. The number of hydrogen-bond donors (Lipinski definition) is 2. The highest BCUT2D eigenvalue weighted by molar-refractivity contribution is 5.78. The van der Waals surface area contributed by atoms with Gasteiger partial charge in [-0.05, 0) is 31.4 Å². The standard InChI is InChI=1S/C14H21NO4/c1-9(8-14(2,15)13(16)17)12-10(18-3)6-5-7-11(12)19-4/h5-7,9H,8,15H2,1-4H3,(H,16,17). The number of aliphatic carboxylic acids is 1. The molecule has 0 spiro atoms. The lowest BCUT2D eigenvalue weighted by atomic mass is 9.85. The number of carboxylic acid groups (broad SMARTS) is 1. The van der Waals surface area contributed by atoms with Crippen LogP contribution >= 0.6 is 0 Å². The minimum atomic E-state index is -1.29. The van der Waals surface area contributed by atoms with Gasteiger partial charge in [-0.1, -0.05) is 13.0 Å². The maximum atomic E-state index is 11.1. The van der Waals surface area contributed by atoms with Crippen LogP contribution in [-0.2, 0) is 4.79 Å². The third-order valence-electron chi connectivity index (χ3n) is 3.18. The molecule has 0 saturated carbocycles. The summed E-state index contributed by atoms with van der Waals surface area (Å²) in [5, 5.41) is 9.10. The normalized spacial score (nSPS) is 15.4. The molecule has 0 aliphatic rings. The summed E-state index contributed by atoms with van der Waals surface area (Å²) in [7, 11) is 3.15. The highest BCUT2D eigenvalue weighted by Crippen LogP contribution is 2.38. The van der Waals surface area contributed by atoms with Crippen molar-refractivity contribution in [1.82, 2.24) is 0 Å². The lowest BCUT2D eigenvalue weighted by molar-refractivity contribution is -0.143. The Morgan fingerprint density at radius 3 is 2.21 bits per heavy atom. The quantitative estimate of drug-likeness (QED) is 0.823. The van der Waals surface area contributed by atoms with Crippen LogP contribution in [0.5, 0.6) is 11.5 Å². The van der Waals surface area contributed by atoms with Crippen molar-refractivity contribution in [3.63, 3.8) is 0 Å². The van der Waals surface area contributed by atoms with Gasteiger partial charge >= 0.3 is 5.97 Å². The van der Waals surface area contributed by atoms with Crippen LogP contribution in [0.4, 0.5) is 0 Å². The van der Waals surface area contributed by atoms with Crippen LogP contribution in [0.1, 0.15) is 31.7 Å². The highest BCUT2D eigenvalue weighted by atomic mass is 16.5. The molecule has 0 radical (unpaired) electrons. The average molecular weight is 267 g/mol. The second-order valence-electron chi connectivity index (χ2n) is 4.90. The van der Waals surface area contributed by atoms with E-state index in [9.17, 15) is 4.79 Å². The molecule has 0 bridgehead atoms. The zero-order valence-electron chi connectivity index (χ0n) is 11.8. The molecule has 0 aliphatic carbocycles. The van der Waals surface area contributed by atoms with E-state index in [1.54, 1.807) is 14.2 Å². The van der Waals surface area contributed by atoms with E-state index in [1.165, 1.54) is 6.92 Å². The molecular formula is C14H21NO4. The maximum absolute atomic E-state index is 11.1. The van der Waals surface area contributed by atoms with Gasteiger partial charge in [-0.25, -0.2) is 0 Å². The molecular weight excluding hydrogens is 246 g/mol. The number of carbonyl (C=O) groups is 1. The lowest BCUT2D eigenvalue weighted by Gasteiger charge is -2.25. The smallest absolute Gasteiger partial charge is 0.323 e. The summed E-state index contributed by atoms with van der Waals surface area (Å²) in [6, 6.07) is 5.47. The van der Waals surface area contributed by atoms with Gasteiger partial charge in [0.2, 0.25) is 0 Å². The summed E-state index contributed by atoms with van der Waals surface area (Å²) < 4.78 is 10.6. The minimum Gasteiger partial charge on any atom is -0.496 e. The van der Waals surface area contributed by atoms with Crippen LogP contribution in [0.25, 0.3) is 0 Å². The Bertz CT molecular complexity index is 435. The second-order valence-corrected chi connectivity index (χ2v) is 4.90. The maximum Gasteiger partial charge on any atom is 0.323 e. The van der Waals surface area contributed by atoms with Crippen LogP contribution in [0.2, 0.25) is 0 Å². The van der Waals surface area contributed by atoms with Crippen LogP contribution in [0.15, 0.2) is 18.2 Å². The largest absolute Gasteiger partial charge is 0.496 e. The fourth-order valence-corrected chi connectivity index (χ4v) is 2.19. The van der Waals surface area contributed by atoms with Crippen molar-refractivity contribution in [2.75, 3.05) is 14.2 Å². The molecule has 1 rings (SSSR count). The fourth-order valence-electron chi connectivity index (χ4n) is 2.19. The molecule has 0 saturated heterocycles. The van der Waals surface area contributed by atoms with Gasteiger partial charge in [-0.2, -0.15) is 0 Å². The van der Waals surface area contributed by atoms with Crippen LogP contribution in [0.3, 0.4) is 0 Å². The predicted molar refractivity (Wildman–Crippen MR) is 72.8 cm³/mol. The number of nitrogens with two attached hydrogens (primary N) is 1. The third kappa shape index (κ3) is 3.38. The fraction of sp³-hybridized carbons (Fsp3) is 0.500. The number of carboxylic acids is 1. The van der Waals surface area contributed by atoms with Crippen LogP contribution < -0.4 is 15.2 Å². The van der Waals surface area contributed by atoms with Crippen molar-refractivity contribution >= 4 is 5.97 Å². The van der Waals surface area contributed by atoms with Crippen molar-refractivity contribution in [3.8, 4) is 11.5 Å². The van der Waals surface area contributed by atoms with E-state index in [0.29, 0.717) is 17.9 Å². The van der Waals surface area contributed by atoms with Crippen molar-refractivity contribution in [2.24, 2.45) is 5.73 Å². The Labute approximate surface area is 113 Å². The van der Waals surface area contributed by atoms with Gasteiger partial charge in [0.15, 0.2) is 0 Å². The van der Waals surface area contributed by atoms with E-state index in [2.05, 4.69) is 0 Å². The van der Waals surface area contributed by atoms with Crippen molar-refractivity contribution < 1.29 is 19.4 Å². The van der Waals surface area contributed by atoms with Gasteiger partial charge in [-0.3, -0.25) is 4.79 Å². The molecule has 3 N–H and O–H groups in total. The number of benzene rings is 1. The summed E-state index contributed by atoms with van der Waals surface area (Å²) in [5.41, 5.74) is 5.35. The molecule has 19 heavy (non-hydrogen) atoms. The van der Waals surface area contributed by atoms with Crippen molar-refractivity contribution in [2.45, 2.75) is 31.7 Å². The first-order valence-corrected chi connectivity index (χ1v) is 6.06. The molecule has 0 fully saturated rings. The van der Waals surface area contributed by atoms with E-state index in [4.69, 9.17) is 20.3 Å². The van der Waals surface area contributed by atoms with Crippen molar-refractivity contribution in [3.05, 3.63) is 23.8 Å². The summed E-state index contributed by atoms with van der Waals surface area (Å²) in [6.45, 7) is 3.42. The molecule has 0 amide bonds. The summed E-state index contributed by atoms with van der Waals surface area (Å²) in [5.74, 6) is 0.228. The Morgan fingerprint density at radius 2 is 1.84 bits per heavy atom. The topological polar surface area (TPSA) is 81.8 Å². The van der Waals surface area contributed by atoms with Gasteiger partial charge < -0.3 is 20.3 Å². The first-order valence-electron chi connectivity index (χ1n) is 6.06. The summed E-state index contributed by atoms with van der Waals surface area (Å²) in [6.07, 6.45) is 0.291. The molecule has 1 aromatic carbocycles. The highest BCUT2D eigenvalue weighted by Gasteiger charge is 2.32. The first kappa shape index (κ1) is 15.3. The van der Waals surface area contributed by atoms with Crippen molar-refractivity contribution in [1.29, 1.82) is 0 Å². The van der Waals surface area contributed by atoms with Crippen LogP contribution in [0, 0.1) is 0 Å². The Hall–Kier alpha value is -1.75. The molecule has 0 aliphatic heterocycles. The first-order chi connectivity index (χ1) is 8.83. The second kappa shape index (κ2) is 5.93. The minimum absolute atomic E-state index is 0.0998. The van der Waals surface area contributed by atoms with E-state index in [-0.39, 0.29) is 5.92 Å². The zero-order chi connectivity index (χ0) is 14.6. The zero-order valence-corrected chi connectivity index (χ0v) is 11.8. The van der Waals surface area contributed by atoms with E-state index in [0.717, 1.165) is 5.56 Å². The molecule has 2 atom stereocenters. The monoisotopic (exact) mass is 267 g/mol. The molecule has 5 heteroatoms. The summed E-state index contributed by atoms with van der Waals surface area (Å²) in [4.78, 5) is 11.1. The molecule has 106 valence electrons. The number of ether oxygens (including phenoxy) is 2. The van der Waals surface area contributed by atoms with Gasteiger partial charge in [0.25, 0.3) is 0 Å². The Kier molecular flexibility index (Phi) is 4.78. The van der Waals surface area contributed by atoms with Crippen LogP contribution in [-0.4, -0.2) is 30.8 Å². The van der Waals surface area contributed by atoms with Gasteiger partial charge in [0.1, 0.15) is 17.0 Å². The third-order valence-corrected chi connectivity index (χ3v) is 3.18. The number of hydrogen-bond acceptors (Lipinski definition) is 4. The molecule has 1 aromatic rings. The Balaban J connectivity index is 3.11. The molecule has 0 heterocycles. The van der Waals surface area contributed by atoms with E-state index >= 15 is 0 Å². The van der Waals surface area contributed by atoms with E-state index in [1.807, 2.05) is 25.1 Å². The predicted octanol–water partition coefficient (Wildman–Crippen LogP) is 2.00. The lowest BCUT2D eigenvalue weighted by Crippen LogP contribution is -2.45. The van der Waals surface area contributed by atoms with Gasteiger partial charge in [0, 0.05) is 5.56 Å². The van der Waals surface area contributed by atoms with Gasteiger partial charge in [0.05, 0.1) is 14.2 Å². The Morgan fingerprint density at radius 1 is 1.37 bits per heavy atom. The van der Waals surface area contributed by atoms with E-state index < -0.39 is 11.5 Å². The molecule has 5 nitrogen and oxygen atoms in total. The SMILES string of the molecule is COc1cccc(OC)c1C(C)CC(C)(N)C(=O)O.